The van der Waals surface area contributed by atoms with Crippen LogP contribution in [-0.2, 0) is 0 Å². The van der Waals surface area contributed by atoms with E-state index in [0.717, 1.165) is 49.3 Å². The molecule has 0 spiro atoms. The van der Waals surface area contributed by atoms with Gasteiger partial charge in [-0.25, -0.2) is 15.0 Å². The molecule has 0 saturated heterocycles. The molecule has 4 aromatic heterocycles. The van der Waals surface area contributed by atoms with Crippen LogP contribution in [0.3, 0.4) is 0 Å². The summed E-state index contributed by atoms with van der Waals surface area (Å²) in [5.41, 5.74) is 8.50. The van der Waals surface area contributed by atoms with E-state index in [4.69, 9.17) is 9.97 Å². The SMILES string of the molecule is c1cc(-c2cccc(-c3nccs3)n2)cc(-n2c3ccccc3c3ccc(-c4nc5ccccc5s4)cc32)c1. The van der Waals surface area contributed by atoms with Gasteiger partial charge >= 0.3 is 0 Å². The van der Waals surface area contributed by atoms with E-state index in [0.29, 0.717) is 0 Å². The van der Waals surface area contributed by atoms with Crippen LogP contribution < -0.4 is 0 Å². The predicted octanol–water partition coefficient (Wildman–Crippen LogP) is 9.25. The molecule has 0 atom stereocenters. The van der Waals surface area contributed by atoms with Crippen LogP contribution in [0.25, 0.3) is 70.2 Å². The molecule has 4 aromatic carbocycles. The van der Waals surface area contributed by atoms with Crippen molar-refractivity contribution in [2.75, 3.05) is 0 Å². The van der Waals surface area contributed by atoms with Gasteiger partial charge in [-0.2, -0.15) is 0 Å². The second kappa shape index (κ2) is 8.98. The van der Waals surface area contributed by atoms with E-state index < -0.39 is 0 Å². The summed E-state index contributed by atoms with van der Waals surface area (Å²) in [5.74, 6) is 0. The Morgan fingerprint density at radius 2 is 1.44 bits per heavy atom. The molecule has 0 amide bonds. The molecule has 0 unspecified atom stereocenters. The summed E-state index contributed by atoms with van der Waals surface area (Å²) >= 11 is 3.34. The van der Waals surface area contributed by atoms with Crippen LogP contribution in [0.1, 0.15) is 0 Å². The summed E-state index contributed by atoms with van der Waals surface area (Å²) in [7, 11) is 0. The van der Waals surface area contributed by atoms with Crippen molar-refractivity contribution < 1.29 is 0 Å². The maximum absolute atomic E-state index is 4.94. The van der Waals surface area contributed by atoms with Gasteiger partial charge in [0.1, 0.15) is 10.0 Å². The van der Waals surface area contributed by atoms with Crippen molar-refractivity contribution >= 4 is 54.7 Å². The molecular formula is C33H20N4S2. The van der Waals surface area contributed by atoms with E-state index in [1.807, 2.05) is 23.7 Å². The quantitative estimate of drug-likeness (QED) is 0.225. The molecule has 0 fully saturated rings. The topological polar surface area (TPSA) is 43.6 Å². The number of pyridine rings is 1. The number of benzene rings is 4. The van der Waals surface area contributed by atoms with Crippen molar-refractivity contribution in [3.8, 4) is 38.2 Å². The monoisotopic (exact) mass is 536 g/mol. The lowest BCUT2D eigenvalue weighted by Gasteiger charge is -2.11. The Morgan fingerprint density at radius 3 is 2.36 bits per heavy atom. The van der Waals surface area contributed by atoms with Crippen LogP contribution >= 0.6 is 22.7 Å². The molecular weight excluding hydrogens is 517 g/mol. The van der Waals surface area contributed by atoms with Crippen molar-refractivity contribution in [1.82, 2.24) is 19.5 Å². The largest absolute Gasteiger partial charge is 0.309 e. The van der Waals surface area contributed by atoms with Gasteiger partial charge in [0.15, 0.2) is 0 Å². The van der Waals surface area contributed by atoms with Gasteiger partial charge in [-0.15, -0.1) is 22.7 Å². The van der Waals surface area contributed by atoms with Gasteiger partial charge in [0, 0.05) is 39.2 Å². The van der Waals surface area contributed by atoms with Gasteiger partial charge in [0.2, 0.25) is 0 Å². The lowest BCUT2D eigenvalue weighted by atomic mass is 10.1. The van der Waals surface area contributed by atoms with Gasteiger partial charge in [0.05, 0.1) is 32.6 Å². The number of fused-ring (bicyclic) bond motifs is 4. The number of hydrogen-bond donors (Lipinski definition) is 0. The highest BCUT2D eigenvalue weighted by molar-refractivity contribution is 7.21. The fourth-order valence-corrected chi connectivity index (χ4v) is 6.82. The second-order valence-corrected chi connectivity index (χ2v) is 11.3. The van der Waals surface area contributed by atoms with E-state index >= 15 is 0 Å². The van der Waals surface area contributed by atoms with Gasteiger partial charge in [-0.3, -0.25) is 0 Å². The highest BCUT2D eigenvalue weighted by atomic mass is 32.1. The van der Waals surface area contributed by atoms with Crippen LogP contribution in [0, 0.1) is 0 Å². The Kier molecular flexibility index (Phi) is 5.14. The lowest BCUT2D eigenvalue weighted by molar-refractivity contribution is 1.18. The Labute approximate surface area is 232 Å². The number of rotatable bonds is 4. The molecule has 0 aliphatic carbocycles. The molecule has 0 N–H and O–H groups in total. The summed E-state index contributed by atoms with van der Waals surface area (Å²) in [4.78, 5) is 14.3. The van der Waals surface area contributed by atoms with Gasteiger partial charge in [0.25, 0.3) is 0 Å². The third kappa shape index (κ3) is 3.76. The van der Waals surface area contributed by atoms with E-state index in [1.54, 1.807) is 22.7 Å². The van der Waals surface area contributed by atoms with E-state index in [2.05, 4.69) is 107 Å². The number of thiazole rings is 2. The minimum Gasteiger partial charge on any atom is -0.309 e. The number of aromatic nitrogens is 4. The van der Waals surface area contributed by atoms with Gasteiger partial charge in [-0.05, 0) is 48.5 Å². The van der Waals surface area contributed by atoms with Crippen LogP contribution in [0.15, 0.2) is 121 Å². The fourth-order valence-electron chi connectivity index (χ4n) is 5.25. The highest BCUT2D eigenvalue weighted by Crippen LogP contribution is 2.37. The Morgan fingerprint density at radius 1 is 0.590 bits per heavy atom. The van der Waals surface area contributed by atoms with Crippen LogP contribution in [0.4, 0.5) is 0 Å². The fraction of sp³-hybridized carbons (Fsp3) is 0. The Bertz CT molecular complexity index is 2100. The molecule has 6 heteroatoms. The summed E-state index contributed by atoms with van der Waals surface area (Å²) < 4.78 is 3.56. The maximum Gasteiger partial charge on any atom is 0.141 e. The molecule has 8 aromatic rings. The molecule has 0 bridgehead atoms. The molecule has 0 saturated carbocycles. The molecule has 4 nitrogen and oxygen atoms in total. The van der Waals surface area contributed by atoms with Gasteiger partial charge < -0.3 is 4.57 Å². The normalized spacial score (nSPS) is 11.6. The molecule has 0 radical (unpaired) electrons. The average Bonchev–Trinajstić information content (AvgIpc) is 3.75. The number of hydrogen-bond acceptors (Lipinski definition) is 5. The first-order chi connectivity index (χ1) is 19.3. The predicted molar refractivity (Wildman–Crippen MR) is 164 cm³/mol. The van der Waals surface area contributed by atoms with E-state index in [-0.39, 0.29) is 0 Å². The third-order valence-electron chi connectivity index (χ3n) is 7.02. The zero-order valence-electron chi connectivity index (χ0n) is 20.7. The maximum atomic E-state index is 4.94. The summed E-state index contributed by atoms with van der Waals surface area (Å²) in [5, 5.41) is 6.40. The van der Waals surface area contributed by atoms with Gasteiger partial charge in [-0.1, -0.05) is 60.7 Å². The number of para-hydroxylation sites is 2. The lowest BCUT2D eigenvalue weighted by Crippen LogP contribution is -1.95. The molecule has 0 aliphatic rings. The highest BCUT2D eigenvalue weighted by Gasteiger charge is 2.15. The molecule has 184 valence electrons. The second-order valence-electron chi connectivity index (χ2n) is 9.37. The molecule has 39 heavy (non-hydrogen) atoms. The van der Waals surface area contributed by atoms with Crippen molar-refractivity contribution in [1.29, 1.82) is 0 Å². The standard InChI is InChI=1S/C33H20N4S2/c1-3-13-29-24(9-1)25-16-15-22(32-36-27-10-2-4-14-31(27)39-32)20-30(25)37(29)23-8-5-7-21(19-23)26-11-6-12-28(35-26)33-34-17-18-38-33/h1-20H. The van der Waals surface area contributed by atoms with Crippen LogP contribution in [0.2, 0.25) is 0 Å². The summed E-state index contributed by atoms with van der Waals surface area (Å²) in [6.07, 6.45) is 1.82. The van der Waals surface area contributed by atoms with E-state index in [1.165, 1.54) is 21.0 Å². The molecule has 4 heterocycles. The van der Waals surface area contributed by atoms with Crippen LogP contribution in [0.5, 0.6) is 0 Å². The molecule has 8 rings (SSSR count). The Hall–Kier alpha value is -4.65. The minimum atomic E-state index is 0.894. The summed E-state index contributed by atoms with van der Waals surface area (Å²) in [6, 6.07) is 38.4. The van der Waals surface area contributed by atoms with Crippen molar-refractivity contribution in [2.45, 2.75) is 0 Å². The van der Waals surface area contributed by atoms with Crippen molar-refractivity contribution in [3.63, 3.8) is 0 Å². The first-order valence-corrected chi connectivity index (χ1v) is 14.4. The van der Waals surface area contributed by atoms with Crippen LogP contribution in [-0.4, -0.2) is 19.5 Å². The van der Waals surface area contributed by atoms with Crippen molar-refractivity contribution in [2.24, 2.45) is 0 Å². The third-order valence-corrected chi connectivity index (χ3v) is 8.90. The first kappa shape index (κ1) is 22.3. The summed E-state index contributed by atoms with van der Waals surface area (Å²) in [6.45, 7) is 0. The zero-order valence-corrected chi connectivity index (χ0v) is 22.3. The molecule has 0 aliphatic heterocycles. The minimum absolute atomic E-state index is 0.894. The average molecular weight is 537 g/mol. The van der Waals surface area contributed by atoms with Crippen molar-refractivity contribution in [3.05, 3.63) is 121 Å². The zero-order chi connectivity index (χ0) is 25.8. The first-order valence-electron chi connectivity index (χ1n) is 12.7. The smallest absolute Gasteiger partial charge is 0.141 e. The Balaban J connectivity index is 1.31. The van der Waals surface area contributed by atoms with E-state index in [9.17, 15) is 0 Å². The number of nitrogens with zero attached hydrogens (tertiary/aromatic N) is 4.